The summed E-state index contributed by atoms with van der Waals surface area (Å²) in [6.45, 7) is 6.55. The molecule has 182 valence electrons. The summed E-state index contributed by atoms with van der Waals surface area (Å²) in [5.74, 6) is 6.01. The van der Waals surface area contributed by atoms with Crippen LogP contribution in [-0.2, 0) is 9.53 Å². The van der Waals surface area contributed by atoms with Gasteiger partial charge in [0.2, 0.25) is 5.91 Å². The van der Waals surface area contributed by atoms with Crippen molar-refractivity contribution in [2.24, 2.45) is 17.8 Å². The Morgan fingerprint density at radius 1 is 1.15 bits per heavy atom. The molecule has 0 unspecified atom stereocenters. The number of hydrogen-bond donors (Lipinski definition) is 2. The van der Waals surface area contributed by atoms with Crippen LogP contribution in [0.5, 0.6) is 0 Å². The molecular formula is C26H37NO5S. The molecule has 1 aromatic rings. The number of amides is 1. The minimum absolute atomic E-state index is 0.00169. The molecule has 1 aromatic heterocycles. The fourth-order valence-electron chi connectivity index (χ4n) is 4.88. The molecular weight excluding hydrogens is 438 g/mol. The molecule has 0 bridgehead atoms. The molecule has 2 aliphatic rings. The van der Waals surface area contributed by atoms with Gasteiger partial charge in [-0.1, -0.05) is 32.6 Å². The van der Waals surface area contributed by atoms with E-state index in [2.05, 4.69) is 18.8 Å². The lowest BCUT2D eigenvalue weighted by Crippen LogP contribution is -2.47. The van der Waals surface area contributed by atoms with E-state index >= 15 is 0 Å². The van der Waals surface area contributed by atoms with Crippen LogP contribution in [0.1, 0.15) is 86.7 Å². The van der Waals surface area contributed by atoms with Gasteiger partial charge < -0.3 is 19.8 Å². The molecule has 2 aliphatic carbocycles. The number of carboxylic acids is 1. The fourth-order valence-corrected chi connectivity index (χ4v) is 5.73. The average Bonchev–Trinajstić information content (AvgIpc) is 3.22. The maximum Gasteiger partial charge on any atom is 0.348 e. The highest BCUT2D eigenvalue weighted by Crippen LogP contribution is 2.39. The summed E-state index contributed by atoms with van der Waals surface area (Å²) >= 11 is 1.16. The largest absolute Gasteiger partial charge is 0.477 e. The van der Waals surface area contributed by atoms with E-state index in [4.69, 9.17) is 9.84 Å². The lowest BCUT2D eigenvalue weighted by molar-refractivity contribution is -0.124. The zero-order chi connectivity index (χ0) is 24.0. The van der Waals surface area contributed by atoms with Crippen molar-refractivity contribution in [1.29, 1.82) is 0 Å². The van der Waals surface area contributed by atoms with Gasteiger partial charge in [0.25, 0.3) is 0 Å². The second kappa shape index (κ2) is 12.0. The molecule has 1 heterocycles. The van der Waals surface area contributed by atoms with E-state index in [1.807, 2.05) is 18.7 Å². The fraction of sp³-hybridized carbons (Fsp3) is 0.692. The van der Waals surface area contributed by atoms with Crippen LogP contribution in [0.3, 0.4) is 0 Å². The first-order valence-corrected chi connectivity index (χ1v) is 13.1. The van der Waals surface area contributed by atoms with E-state index in [-0.39, 0.29) is 41.4 Å². The molecule has 0 atom stereocenters. The standard InChI is InChI=1S/C26H37NO5S/c1-17(2)4-13-22-16-23(24(33-22)26(30)31)27(25(29)19-7-5-18(3)6-8-19)20-9-11-21(12-10-20)32-15-14-28/h16-21,28H,5-12,14-15H2,1-3H3,(H,30,31)/t18-,19+,20-,21-. The summed E-state index contributed by atoms with van der Waals surface area (Å²) in [6.07, 6.45) is 6.97. The summed E-state index contributed by atoms with van der Waals surface area (Å²) in [5.41, 5.74) is 0.504. The van der Waals surface area contributed by atoms with E-state index in [0.29, 0.717) is 23.1 Å². The van der Waals surface area contributed by atoms with E-state index in [1.165, 1.54) is 0 Å². The van der Waals surface area contributed by atoms with Crippen molar-refractivity contribution in [3.05, 3.63) is 15.8 Å². The number of carbonyl (C=O) groups excluding carboxylic acids is 1. The summed E-state index contributed by atoms with van der Waals surface area (Å²) in [5, 5.41) is 19.0. The Labute approximate surface area is 201 Å². The molecule has 0 aromatic carbocycles. The Bertz CT molecular complexity index is 867. The maximum atomic E-state index is 13.8. The van der Waals surface area contributed by atoms with Gasteiger partial charge in [0.15, 0.2) is 0 Å². The second-order valence-electron chi connectivity index (χ2n) is 9.74. The summed E-state index contributed by atoms with van der Waals surface area (Å²) < 4.78 is 5.71. The van der Waals surface area contributed by atoms with Crippen LogP contribution in [0.2, 0.25) is 0 Å². The van der Waals surface area contributed by atoms with Crippen LogP contribution in [0.15, 0.2) is 6.07 Å². The van der Waals surface area contributed by atoms with Gasteiger partial charge in [0, 0.05) is 17.9 Å². The molecule has 2 fully saturated rings. The Balaban J connectivity index is 1.91. The number of ether oxygens (including phenoxy) is 1. The van der Waals surface area contributed by atoms with Crippen molar-refractivity contribution < 1.29 is 24.5 Å². The highest BCUT2D eigenvalue weighted by Gasteiger charge is 2.37. The maximum absolute atomic E-state index is 13.8. The second-order valence-corrected chi connectivity index (χ2v) is 10.8. The van der Waals surface area contributed by atoms with Crippen molar-refractivity contribution >= 4 is 28.9 Å². The van der Waals surface area contributed by atoms with Crippen molar-refractivity contribution in [3.63, 3.8) is 0 Å². The third kappa shape index (κ3) is 6.81. The third-order valence-corrected chi connectivity index (χ3v) is 7.73. The van der Waals surface area contributed by atoms with Gasteiger partial charge in [-0.3, -0.25) is 4.79 Å². The van der Waals surface area contributed by atoms with Gasteiger partial charge in [-0.25, -0.2) is 4.79 Å². The minimum Gasteiger partial charge on any atom is -0.477 e. The minimum atomic E-state index is -1.01. The first-order chi connectivity index (χ1) is 15.8. The summed E-state index contributed by atoms with van der Waals surface area (Å²) in [6, 6.07) is 1.76. The highest BCUT2D eigenvalue weighted by atomic mass is 32.1. The van der Waals surface area contributed by atoms with Gasteiger partial charge >= 0.3 is 5.97 Å². The SMILES string of the molecule is CC(C)C#Cc1cc(N(C(=O)[C@H]2CC[C@@H](C)CC2)[C@H]2CC[C@H](OCCO)CC2)c(C(=O)O)s1. The highest BCUT2D eigenvalue weighted by molar-refractivity contribution is 7.15. The number of anilines is 1. The molecule has 7 heteroatoms. The Kier molecular flexibility index (Phi) is 9.37. The Hall–Kier alpha value is -1.88. The number of carboxylic acid groups (broad SMARTS) is 1. The van der Waals surface area contributed by atoms with E-state index in [0.717, 1.165) is 62.7 Å². The van der Waals surface area contributed by atoms with E-state index in [9.17, 15) is 14.7 Å². The smallest absolute Gasteiger partial charge is 0.348 e. The van der Waals surface area contributed by atoms with Gasteiger partial charge in [0.1, 0.15) is 4.88 Å². The normalized spacial score (nSPS) is 25.4. The molecule has 33 heavy (non-hydrogen) atoms. The van der Waals surface area contributed by atoms with Crippen molar-refractivity contribution in [2.45, 2.75) is 84.3 Å². The van der Waals surface area contributed by atoms with Crippen molar-refractivity contribution in [1.82, 2.24) is 0 Å². The number of nitrogens with zero attached hydrogens (tertiary/aromatic N) is 1. The van der Waals surface area contributed by atoms with Gasteiger partial charge in [-0.15, -0.1) is 11.3 Å². The van der Waals surface area contributed by atoms with Crippen molar-refractivity contribution in [2.75, 3.05) is 18.1 Å². The van der Waals surface area contributed by atoms with Crippen LogP contribution < -0.4 is 4.90 Å². The van der Waals surface area contributed by atoms with Gasteiger partial charge in [0.05, 0.1) is 29.9 Å². The number of hydrogen-bond acceptors (Lipinski definition) is 5. The Morgan fingerprint density at radius 3 is 2.39 bits per heavy atom. The molecule has 0 radical (unpaired) electrons. The molecule has 2 saturated carbocycles. The molecule has 6 nitrogen and oxygen atoms in total. The molecule has 1 amide bonds. The lowest BCUT2D eigenvalue weighted by atomic mass is 9.81. The monoisotopic (exact) mass is 475 g/mol. The summed E-state index contributed by atoms with van der Waals surface area (Å²) in [4.78, 5) is 28.7. The first-order valence-electron chi connectivity index (χ1n) is 12.2. The van der Waals surface area contributed by atoms with Gasteiger partial charge in [-0.2, -0.15) is 0 Å². The quantitative estimate of drug-likeness (QED) is 0.546. The molecule has 0 saturated heterocycles. The van der Waals surface area contributed by atoms with E-state index < -0.39 is 5.97 Å². The topological polar surface area (TPSA) is 87.1 Å². The van der Waals surface area contributed by atoms with Crippen LogP contribution in [0.25, 0.3) is 0 Å². The zero-order valence-corrected chi connectivity index (χ0v) is 20.8. The van der Waals surface area contributed by atoms with Crippen molar-refractivity contribution in [3.8, 4) is 11.8 Å². The van der Waals surface area contributed by atoms with Crippen LogP contribution in [0, 0.1) is 29.6 Å². The number of aromatic carboxylic acids is 1. The van der Waals surface area contributed by atoms with Crippen LogP contribution >= 0.6 is 11.3 Å². The molecule has 3 rings (SSSR count). The van der Waals surface area contributed by atoms with Crippen LogP contribution in [0.4, 0.5) is 5.69 Å². The predicted octanol–water partition coefficient (Wildman–Crippen LogP) is 4.93. The zero-order valence-electron chi connectivity index (χ0n) is 20.0. The average molecular weight is 476 g/mol. The molecule has 2 N–H and O–H groups in total. The first kappa shape index (κ1) is 25.7. The number of thiophene rings is 1. The molecule has 0 aliphatic heterocycles. The van der Waals surface area contributed by atoms with E-state index in [1.54, 1.807) is 6.07 Å². The molecule has 0 spiro atoms. The predicted molar refractivity (Wildman–Crippen MR) is 131 cm³/mol. The number of carbonyl (C=O) groups is 2. The number of rotatable bonds is 7. The number of aliphatic hydroxyl groups is 1. The number of aliphatic hydroxyl groups excluding tert-OH is 1. The third-order valence-electron chi connectivity index (χ3n) is 6.71. The Morgan fingerprint density at radius 2 is 1.82 bits per heavy atom. The lowest BCUT2D eigenvalue weighted by Gasteiger charge is -2.39. The summed E-state index contributed by atoms with van der Waals surface area (Å²) in [7, 11) is 0. The van der Waals surface area contributed by atoms with Gasteiger partial charge in [-0.05, 0) is 63.4 Å². The van der Waals surface area contributed by atoms with Crippen LogP contribution in [-0.4, -0.2) is 47.4 Å².